The number of rotatable bonds is 3. The molecule has 102 valence electrons. The summed E-state index contributed by atoms with van der Waals surface area (Å²) in [6.45, 7) is 1.64. The summed E-state index contributed by atoms with van der Waals surface area (Å²) in [6, 6.07) is 5.06. The molecule has 0 saturated carbocycles. The number of nitrogens with zero attached hydrogens (tertiary/aromatic N) is 3. The van der Waals surface area contributed by atoms with Crippen LogP contribution < -0.4 is 4.74 Å². The maximum atomic E-state index is 11.8. The molecule has 0 bridgehead atoms. The van der Waals surface area contributed by atoms with Crippen LogP contribution in [0.5, 0.6) is 5.75 Å². The van der Waals surface area contributed by atoms with Crippen molar-refractivity contribution in [2.75, 3.05) is 0 Å². The number of carbonyl (C=O) groups excluding carboxylic acids is 1. The van der Waals surface area contributed by atoms with Gasteiger partial charge in [-0.25, -0.2) is 14.8 Å². The van der Waals surface area contributed by atoms with Gasteiger partial charge in [0.05, 0.1) is 4.92 Å². The fraction of sp³-hybridized carbons (Fsp3) is 0.0833. The van der Waals surface area contributed by atoms with E-state index < -0.39 is 10.9 Å². The van der Waals surface area contributed by atoms with Crippen LogP contribution in [0.25, 0.3) is 0 Å². The maximum absolute atomic E-state index is 11.8. The lowest BCUT2D eigenvalue weighted by atomic mass is 10.3. The summed E-state index contributed by atoms with van der Waals surface area (Å²) in [4.78, 5) is 29.6. The second-order valence-corrected chi connectivity index (χ2v) is 4.16. The quantitative estimate of drug-likeness (QED) is 0.373. The summed E-state index contributed by atoms with van der Waals surface area (Å²) in [5.41, 5.74) is -0.170. The highest BCUT2D eigenvalue weighted by Gasteiger charge is 2.15. The second-order valence-electron chi connectivity index (χ2n) is 3.75. The van der Waals surface area contributed by atoms with E-state index in [0.717, 1.165) is 6.07 Å². The topological polar surface area (TPSA) is 95.2 Å². The number of halogens is 1. The fourth-order valence-electron chi connectivity index (χ4n) is 1.43. The van der Waals surface area contributed by atoms with E-state index in [4.69, 9.17) is 16.3 Å². The average molecular weight is 294 g/mol. The van der Waals surface area contributed by atoms with Crippen molar-refractivity contribution in [2.24, 2.45) is 0 Å². The third-order valence-electron chi connectivity index (χ3n) is 2.31. The Morgan fingerprint density at radius 2 is 2.15 bits per heavy atom. The van der Waals surface area contributed by atoms with Gasteiger partial charge in [0.2, 0.25) is 0 Å². The Bertz CT molecular complexity index is 690. The molecule has 0 amide bonds. The van der Waals surface area contributed by atoms with E-state index in [0.29, 0.717) is 5.82 Å². The number of carbonyl (C=O) groups is 1. The molecule has 7 nitrogen and oxygen atoms in total. The molecule has 1 aromatic carbocycles. The Hall–Kier alpha value is -2.54. The van der Waals surface area contributed by atoms with E-state index in [1.54, 1.807) is 6.92 Å². The van der Waals surface area contributed by atoms with Gasteiger partial charge >= 0.3 is 5.97 Å². The molecule has 0 radical (unpaired) electrons. The van der Waals surface area contributed by atoms with Crippen LogP contribution in [0.15, 0.2) is 30.5 Å². The van der Waals surface area contributed by atoms with Gasteiger partial charge in [0, 0.05) is 18.3 Å². The van der Waals surface area contributed by atoms with Gasteiger partial charge in [-0.2, -0.15) is 0 Å². The first-order valence-electron chi connectivity index (χ1n) is 5.43. The molecule has 0 fully saturated rings. The summed E-state index contributed by atoms with van der Waals surface area (Å²) in [7, 11) is 0. The summed E-state index contributed by atoms with van der Waals surface area (Å²) in [6.07, 6.45) is 1.43. The first kappa shape index (κ1) is 13.9. The minimum Gasteiger partial charge on any atom is -0.422 e. The largest absolute Gasteiger partial charge is 0.422 e. The summed E-state index contributed by atoms with van der Waals surface area (Å²) < 4.78 is 5.03. The Balaban J connectivity index is 2.20. The summed E-state index contributed by atoms with van der Waals surface area (Å²) in [5.74, 6) is -0.163. The first-order chi connectivity index (χ1) is 9.47. The molecule has 0 N–H and O–H groups in total. The minimum atomic E-state index is -0.694. The molecule has 0 atom stereocenters. The maximum Gasteiger partial charge on any atom is 0.362 e. The van der Waals surface area contributed by atoms with Crippen molar-refractivity contribution in [2.45, 2.75) is 6.92 Å². The lowest BCUT2D eigenvalue weighted by Gasteiger charge is -2.04. The number of nitro groups is 1. The molecule has 20 heavy (non-hydrogen) atoms. The number of aromatic nitrogens is 2. The monoisotopic (exact) mass is 293 g/mol. The minimum absolute atomic E-state index is 0.0898. The number of aryl methyl sites for hydroxylation is 1. The van der Waals surface area contributed by atoms with Gasteiger partial charge in [-0.05, 0) is 19.1 Å². The van der Waals surface area contributed by atoms with Crippen LogP contribution in [0.1, 0.15) is 16.3 Å². The van der Waals surface area contributed by atoms with Crippen molar-refractivity contribution in [3.8, 4) is 5.75 Å². The van der Waals surface area contributed by atoms with E-state index in [1.807, 2.05) is 0 Å². The molecule has 8 heteroatoms. The van der Waals surface area contributed by atoms with Crippen molar-refractivity contribution >= 4 is 23.3 Å². The lowest BCUT2D eigenvalue weighted by molar-refractivity contribution is -0.384. The SMILES string of the molecule is Cc1nccc(C(=O)Oc2ccc([N+](=O)[O-])c(Cl)c2)n1. The zero-order chi connectivity index (χ0) is 14.7. The second kappa shape index (κ2) is 5.62. The van der Waals surface area contributed by atoms with Crippen LogP contribution in [-0.2, 0) is 0 Å². The van der Waals surface area contributed by atoms with Gasteiger partial charge in [-0.15, -0.1) is 0 Å². The van der Waals surface area contributed by atoms with E-state index in [2.05, 4.69) is 9.97 Å². The molecule has 1 aromatic heterocycles. The van der Waals surface area contributed by atoms with Gasteiger partial charge in [0.25, 0.3) is 5.69 Å². The molecular formula is C12H8ClN3O4. The predicted molar refractivity (Wildman–Crippen MR) is 69.8 cm³/mol. The number of hydrogen-bond acceptors (Lipinski definition) is 6. The first-order valence-corrected chi connectivity index (χ1v) is 5.81. The number of esters is 1. The van der Waals surface area contributed by atoms with E-state index in [1.165, 1.54) is 24.4 Å². The van der Waals surface area contributed by atoms with Crippen molar-refractivity contribution in [1.82, 2.24) is 9.97 Å². The highest BCUT2D eigenvalue weighted by Crippen LogP contribution is 2.28. The van der Waals surface area contributed by atoms with Gasteiger partial charge < -0.3 is 4.74 Å². The van der Waals surface area contributed by atoms with E-state index in [-0.39, 0.29) is 22.2 Å². The third-order valence-corrected chi connectivity index (χ3v) is 2.61. The number of hydrogen-bond donors (Lipinski definition) is 0. The standard InChI is InChI=1S/C12H8ClN3O4/c1-7-14-5-4-10(15-7)12(17)20-8-2-3-11(16(18)19)9(13)6-8/h2-6H,1H3. The normalized spacial score (nSPS) is 10.1. The molecule has 0 aliphatic rings. The zero-order valence-corrected chi connectivity index (χ0v) is 11.0. The smallest absolute Gasteiger partial charge is 0.362 e. The molecule has 1 heterocycles. The average Bonchev–Trinajstić information content (AvgIpc) is 2.38. The van der Waals surface area contributed by atoms with Crippen LogP contribution in [0.4, 0.5) is 5.69 Å². The summed E-state index contributed by atoms with van der Waals surface area (Å²) in [5, 5.41) is 10.5. The van der Waals surface area contributed by atoms with Crippen molar-refractivity contribution in [3.05, 3.63) is 57.1 Å². The Morgan fingerprint density at radius 3 is 2.75 bits per heavy atom. The van der Waals surface area contributed by atoms with Crippen LogP contribution in [0, 0.1) is 17.0 Å². The Kier molecular flexibility index (Phi) is 3.90. The number of nitro benzene ring substituents is 1. The van der Waals surface area contributed by atoms with Crippen molar-refractivity contribution in [3.63, 3.8) is 0 Å². The number of ether oxygens (including phenoxy) is 1. The molecule has 2 rings (SSSR count). The van der Waals surface area contributed by atoms with E-state index >= 15 is 0 Å². The molecule has 0 aliphatic carbocycles. The Morgan fingerprint density at radius 1 is 1.40 bits per heavy atom. The van der Waals surface area contributed by atoms with Crippen molar-refractivity contribution < 1.29 is 14.5 Å². The van der Waals surface area contributed by atoms with Gasteiger partial charge in [0.1, 0.15) is 16.6 Å². The number of benzene rings is 1. The Labute approximate surface area is 118 Å². The lowest BCUT2D eigenvalue weighted by Crippen LogP contribution is -2.11. The zero-order valence-electron chi connectivity index (χ0n) is 10.2. The predicted octanol–water partition coefficient (Wildman–Crippen LogP) is 2.57. The van der Waals surface area contributed by atoms with Crippen molar-refractivity contribution in [1.29, 1.82) is 0 Å². The molecule has 2 aromatic rings. The molecular weight excluding hydrogens is 286 g/mol. The molecule has 0 unspecified atom stereocenters. The van der Waals surface area contributed by atoms with Gasteiger partial charge in [-0.1, -0.05) is 11.6 Å². The van der Waals surface area contributed by atoms with Gasteiger partial charge in [-0.3, -0.25) is 10.1 Å². The molecule has 0 aliphatic heterocycles. The van der Waals surface area contributed by atoms with Crippen LogP contribution in [0.3, 0.4) is 0 Å². The van der Waals surface area contributed by atoms with Crippen LogP contribution >= 0.6 is 11.6 Å². The molecule has 0 spiro atoms. The van der Waals surface area contributed by atoms with Gasteiger partial charge in [0.15, 0.2) is 5.69 Å². The fourth-order valence-corrected chi connectivity index (χ4v) is 1.67. The highest BCUT2D eigenvalue weighted by atomic mass is 35.5. The van der Waals surface area contributed by atoms with E-state index in [9.17, 15) is 14.9 Å². The molecule has 0 saturated heterocycles. The highest BCUT2D eigenvalue weighted by molar-refractivity contribution is 6.32. The van der Waals surface area contributed by atoms with Crippen LogP contribution in [0.2, 0.25) is 5.02 Å². The third kappa shape index (κ3) is 3.07. The summed E-state index contributed by atoms with van der Waals surface area (Å²) >= 11 is 5.72. The van der Waals surface area contributed by atoms with Crippen LogP contribution in [-0.4, -0.2) is 20.9 Å².